The first-order valence-electron chi connectivity index (χ1n) is 6.20. The van der Waals surface area contributed by atoms with Crippen molar-refractivity contribution in [2.24, 2.45) is 0 Å². The molecule has 0 saturated heterocycles. The topological polar surface area (TPSA) is 38.8 Å². The third-order valence-electron chi connectivity index (χ3n) is 2.67. The second-order valence-corrected chi connectivity index (χ2v) is 3.96. The van der Waals surface area contributed by atoms with Gasteiger partial charge in [0.05, 0.1) is 20.3 Å². The fraction of sp³-hybridized carbons (Fsp3) is 0.500. The first-order chi connectivity index (χ1) is 8.69. The average Bonchev–Trinajstić information content (AvgIpc) is 2.39. The molecule has 4 nitrogen and oxygen atoms in total. The molecule has 0 atom stereocenters. The van der Waals surface area contributed by atoms with Gasteiger partial charge in [-0.1, -0.05) is 19.1 Å². The van der Waals surface area contributed by atoms with Crippen molar-refractivity contribution in [2.75, 3.05) is 26.8 Å². The third kappa shape index (κ3) is 4.75. The molecule has 0 aliphatic heterocycles. The summed E-state index contributed by atoms with van der Waals surface area (Å²) in [6.45, 7) is 6.15. The molecule has 0 saturated carbocycles. The van der Waals surface area contributed by atoms with Crippen LogP contribution in [-0.4, -0.2) is 37.7 Å². The Balaban J connectivity index is 2.53. The van der Waals surface area contributed by atoms with E-state index in [1.807, 2.05) is 43.0 Å². The highest BCUT2D eigenvalue weighted by atomic mass is 16.5. The first-order valence-corrected chi connectivity index (χ1v) is 6.20. The van der Waals surface area contributed by atoms with Crippen LogP contribution in [0.3, 0.4) is 0 Å². The van der Waals surface area contributed by atoms with E-state index in [0.29, 0.717) is 13.2 Å². The van der Waals surface area contributed by atoms with E-state index in [0.717, 1.165) is 24.4 Å². The predicted octanol–water partition coefficient (Wildman–Crippen LogP) is 2.08. The minimum Gasteiger partial charge on any atom is -0.497 e. The number of carbonyl (C=O) groups excluding carboxylic acids is 1. The van der Waals surface area contributed by atoms with Gasteiger partial charge in [0.25, 0.3) is 0 Å². The molecule has 0 aliphatic rings. The zero-order chi connectivity index (χ0) is 13.4. The number of methoxy groups -OCH3 is 1. The molecular formula is C14H21NO3. The minimum absolute atomic E-state index is 0.173. The highest BCUT2D eigenvalue weighted by molar-refractivity contribution is 5.71. The van der Waals surface area contributed by atoms with Gasteiger partial charge in [-0.05, 0) is 31.2 Å². The quantitative estimate of drug-likeness (QED) is 0.695. The largest absolute Gasteiger partial charge is 0.497 e. The highest BCUT2D eigenvalue weighted by Gasteiger charge is 2.10. The summed E-state index contributed by atoms with van der Waals surface area (Å²) in [5.74, 6) is 0.667. The van der Waals surface area contributed by atoms with Crippen molar-refractivity contribution < 1.29 is 14.3 Å². The Kier molecular flexibility index (Phi) is 6.22. The van der Waals surface area contributed by atoms with Crippen LogP contribution in [0.4, 0.5) is 0 Å². The zero-order valence-corrected chi connectivity index (χ0v) is 11.3. The highest BCUT2D eigenvalue weighted by Crippen LogP contribution is 2.12. The molecule has 1 aromatic rings. The van der Waals surface area contributed by atoms with Gasteiger partial charge in [0.2, 0.25) is 0 Å². The Morgan fingerprint density at radius 1 is 1.22 bits per heavy atom. The standard InChI is InChI=1S/C14H21NO3/c1-4-15(11-14(16)18-5-2)10-12-6-8-13(17-3)9-7-12/h6-9H,4-5,10-11H2,1-3H3. The van der Waals surface area contributed by atoms with Crippen molar-refractivity contribution in [3.63, 3.8) is 0 Å². The molecule has 0 amide bonds. The van der Waals surface area contributed by atoms with Gasteiger partial charge in [0, 0.05) is 6.54 Å². The van der Waals surface area contributed by atoms with E-state index >= 15 is 0 Å². The molecule has 0 N–H and O–H groups in total. The lowest BCUT2D eigenvalue weighted by molar-refractivity contribution is -0.144. The molecule has 1 aromatic carbocycles. The summed E-state index contributed by atoms with van der Waals surface area (Å²) in [5, 5.41) is 0. The molecule has 0 heterocycles. The van der Waals surface area contributed by atoms with E-state index in [-0.39, 0.29) is 5.97 Å². The molecule has 0 aliphatic carbocycles. The summed E-state index contributed by atoms with van der Waals surface area (Å²) >= 11 is 0. The first kappa shape index (κ1) is 14.5. The molecule has 0 unspecified atom stereocenters. The molecule has 0 spiro atoms. The number of nitrogens with zero attached hydrogens (tertiary/aromatic N) is 1. The van der Waals surface area contributed by atoms with E-state index in [4.69, 9.17) is 9.47 Å². The van der Waals surface area contributed by atoms with Gasteiger partial charge in [-0.3, -0.25) is 9.69 Å². The number of rotatable bonds is 7. The van der Waals surface area contributed by atoms with E-state index in [1.165, 1.54) is 0 Å². The van der Waals surface area contributed by atoms with Crippen molar-refractivity contribution in [3.05, 3.63) is 29.8 Å². The SMILES string of the molecule is CCOC(=O)CN(CC)Cc1ccc(OC)cc1. The maximum atomic E-state index is 11.4. The molecule has 0 fully saturated rings. The number of benzene rings is 1. The Morgan fingerprint density at radius 3 is 2.39 bits per heavy atom. The maximum absolute atomic E-state index is 11.4. The van der Waals surface area contributed by atoms with Gasteiger partial charge < -0.3 is 9.47 Å². The minimum atomic E-state index is -0.173. The van der Waals surface area contributed by atoms with E-state index in [9.17, 15) is 4.79 Å². The Morgan fingerprint density at radius 2 is 1.89 bits per heavy atom. The fourth-order valence-corrected chi connectivity index (χ4v) is 1.66. The smallest absolute Gasteiger partial charge is 0.320 e. The molecular weight excluding hydrogens is 230 g/mol. The van der Waals surface area contributed by atoms with Crippen molar-refractivity contribution >= 4 is 5.97 Å². The molecule has 0 radical (unpaired) electrons. The van der Waals surface area contributed by atoms with Gasteiger partial charge >= 0.3 is 5.97 Å². The third-order valence-corrected chi connectivity index (χ3v) is 2.67. The molecule has 0 bridgehead atoms. The normalized spacial score (nSPS) is 10.4. The molecule has 4 heteroatoms. The second-order valence-electron chi connectivity index (χ2n) is 3.96. The summed E-state index contributed by atoms with van der Waals surface area (Å²) in [5.41, 5.74) is 1.15. The van der Waals surface area contributed by atoms with Gasteiger partial charge in [-0.25, -0.2) is 0 Å². The van der Waals surface area contributed by atoms with Crippen LogP contribution in [0.2, 0.25) is 0 Å². The maximum Gasteiger partial charge on any atom is 0.320 e. The van der Waals surface area contributed by atoms with Gasteiger partial charge in [-0.2, -0.15) is 0 Å². The number of esters is 1. The lowest BCUT2D eigenvalue weighted by atomic mass is 10.2. The van der Waals surface area contributed by atoms with E-state index < -0.39 is 0 Å². The number of likely N-dealkylation sites (N-methyl/N-ethyl adjacent to an activating group) is 1. The number of hydrogen-bond acceptors (Lipinski definition) is 4. The van der Waals surface area contributed by atoms with Crippen molar-refractivity contribution in [3.8, 4) is 5.75 Å². The molecule has 18 heavy (non-hydrogen) atoms. The Hall–Kier alpha value is -1.55. The zero-order valence-electron chi connectivity index (χ0n) is 11.3. The Bertz CT molecular complexity index is 362. The van der Waals surface area contributed by atoms with Crippen LogP contribution in [0.15, 0.2) is 24.3 Å². The van der Waals surface area contributed by atoms with Crippen LogP contribution in [-0.2, 0) is 16.1 Å². The van der Waals surface area contributed by atoms with Crippen molar-refractivity contribution in [1.29, 1.82) is 0 Å². The van der Waals surface area contributed by atoms with Crippen LogP contribution in [0.25, 0.3) is 0 Å². The van der Waals surface area contributed by atoms with Crippen LogP contribution < -0.4 is 4.74 Å². The summed E-state index contributed by atoms with van der Waals surface area (Å²) in [7, 11) is 1.65. The lowest BCUT2D eigenvalue weighted by Gasteiger charge is -2.19. The molecule has 100 valence electrons. The second kappa shape index (κ2) is 7.71. The number of carbonyl (C=O) groups is 1. The summed E-state index contributed by atoms with van der Waals surface area (Å²) < 4.78 is 10.1. The summed E-state index contributed by atoms with van der Waals surface area (Å²) in [6.07, 6.45) is 0. The fourth-order valence-electron chi connectivity index (χ4n) is 1.66. The summed E-state index contributed by atoms with van der Waals surface area (Å²) in [6, 6.07) is 7.86. The summed E-state index contributed by atoms with van der Waals surface area (Å²) in [4.78, 5) is 13.5. The average molecular weight is 251 g/mol. The lowest BCUT2D eigenvalue weighted by Crippen LogP contribution is -2.30. The van der Waals surface area contributed by atoms with Crippen LogP contribution in [0, 0.1) is 0 Å². The van der Waals surface area contributed by atoms with Crippen LogP contribution >= 0.6 is 0 Å². The van der Waals surface area contributed by atoms with Crippen LogP contribution in [0.5, 0.6) is 5.75 Å². The van der Waals surface area contributed by atoms with Gasteiger partial charge in [0.1, 0.15) is 5.75 Å². The number of ether oxygens (including phenoxy) is 2. The van der Waals surface area contributed by atoms with Gasteiger partial charge in [-0.15, -0.1) is 0 Å². The van der Waals surface area contributed by atoms with Crippen LogP contribution in [0.1, 0.15) is 19.4 Å². The van der Waals surface area contributed by atoms with Crippen molar-refractivity contribution in [2.45, 2.75) is 20.4 Å². The predicted molar refractivity (Wildman–Crippen MR) is 70.6 cm³/mol. The van der Waals surface area contributed by atoms with Gasteiger partial charge in [0.15, 0.2) is 0 Å². The number of hydrogen-bond donors (Lipinski definition) is 0. The molecule has 0 aromatic heterocycles. The molecule has 1 rings (SSSR count). The monoisotopic (exact) mass is 251 g/mol. The van der Waals surface area contributed by atoms with E-state index in [1.54, 1.807) is 7.11 Å². The van der Waals surface area contributed by atoms with E-state index in [2.05, 4.69) is 0 Å². The Labute approximate surface area is 108 Å². The van der Waals surface area contributed by atoms with Crippen molar-refractivity contribution in [1.82, 2.24) is 4.90 Å².